The molecule has 14 heteroatoms. The molecular formula is C29H18ClF4N7O2. The molecule has 2 aromatic carbocycles. The summed E-state index contributed by atoms with van der Waals surface area (Å²) in [4.78, 5) is 21.0. The summed E-state index contributed by atoms with van der Waals surface area (Å²) in [6.07, 6.45) is -3.11. The van der Waals surface area contributed by atoms with Gasteiger partial charge in [-0.1, -0.05) is 28.0 Å². The molecule has 3 atom stereocenters. The zero-order chi connectivity index (χ0) is 29.8. The number of hydrogen-bond donors (Lipinski definition) is 1. The van der Waals surface area contributed by atoms with E-state index in [2.05, 4.69) is 25.4 Å². The predicted molar refractivity (Wildman–Crippen MR) is 146 cm³/mol. The zero-order valence-corrected chi connectivity index (χ0v) is 22.8. The SMILES string of the molecule is Cc1noc2cc(-c3nc(C4C5CC5c5cc(-c6cc(Cl)ccc6-n6cc(C(F)(F)F)nn6)cc(=O)n54)[nH]c3F)ccc12. The fraction of sp³-hybridized carbons (Fsp3) is 0.207. The number of benzene rings is 2. The minimum absolute atomic E-state index is 0.0317. The number of halogens is 5. The second-order valence-corrected chi connectivity index (χ2v) is 11.2. The second kappa shape index (κ2) is 8.86. The van der Waals surface area contributed by atoms with Crippen molar-refractivity contribution in [3.63, 3.8) is 0 Å². The quantitative estimate of drug-likeness (QED) is 0.231. The van der Waals surface area contributed by atoms with Gasteiger partial charge in [-0.2, -0.15) is 17.6 Å². The van der Waals surface area contributed by atoms with E-state index >= 15 is 4.39 Å². The van der Waals surface area contributed by atoms with Crippen LogP contribution < -0.4 is 5.56 Å². The average molecular weight is 608 g/mol. The maximum Gasteiger partial charge on any atom is 0.436 e. The highest BCUT2D eigenvalue weighted by atomic mass is 35.5. The Balaban J connectivity index is 1.19. The molecule has 0 radical (unpaired) electrons. The molecule has 43 heavy (non-hydrogen) atoms. The van der Waals surface area contributed by atoms with Crippen LogP contribution in [0.15, 0.2) is 64.0 Å². The zero-order valence-electron chi connectivity index (χ0n) is 22.0. The Morgan fingerprint density at radius 2 is 1.93 bits per heavy atom. The molecule has 0 spiro atoms. The number of pyridine rings is 1. The van der Waals surface area contributed by atoms with Crippen LogP contribution in [0, 0.1) is 18.8 Å². The first-order valence-corrected chi connectivity index (χ1v) is 13.6. The van der Waals surface area contributed by atoms with Crippen molar-refractivity contribution in [2.75, 3.05) is 0 Å². The Bertz CT molecular complexity index is 2160. The lowest BCUT2D eigenvalue weighted by atomic mass is 10.0. The van der Waals surface area contributed by atoms with Crippen LogP contribution in [-0.4, -0.2) is 34.7 Å². The molecule has 9 nitrogen and oxygen atoms in total. The van der Waals surface area contributed by atoms with Gasteiger partial charge >= 0.3 is 6.18 Å². The second-order valence-electron chi connectivity index (χ2n) is 10.8. The molecule has 4 aromatic heterocycles. The number of aryl methyl sites for hydroxylation is 1. The van der Waals surface area contributed by atoms with Crippen LogP contribution in [0.25, 0.3) is 39.0 Å². The van der Waals surface area contributed by atoms with E-state index < -0.39 is 23.9 Å². The van der Waals surface area contributed by atoms with Crippen molar-refractivity contribution in [1.29, 1.82) is 0 Å². The lowest BCUT2D eigenvalue weighted by Crippen LogP contribution is -2.26. The molecule has 1 N–H and O–H groups in total. The Morgan fingerprint density at radius 1 is 1.09 bits per heavy atom. The molecule has 3 unspecified atom stereocenters. The van der Waals surface area contributed by atoms with Crippen LogP contribution in [-0.2, 0) is 6.18 Å². The Kier molecular flexibility index (Phi) is 5.34. The van der Waals surface area contributed by atoms with Gasteiger partial charge < -0.3 is 14.1 Å². The summed E-state index contributed by atoms with van der Waals surface area (Å²) in [7, 11) is 0. The maximum atomic E-state index is 15.2. The number of imidazole rings is 1. The van der Waals surface area contributed by atoms with Crippen molar-refractivity contribution in [2.45, 2.75) is 31.5 Å². The number of hydrogen-bond acceptors (Lipinski definition) is 6. The maximum absolute atomic E-state index is 15.2. The third-order valence-corrected chi connectivity index (χ3v) is 8.42. The molecule has 0 bridgehead atoms. The van der Waals surface area contributed by atoms with Crippen LogP contribution in [0.1, 0.15) is 41.3 Å². The first-order chi connectivity index (χ1) is 20.6. The van der Waals surface area contributed by atoms with Crippen molar-refractivity contribution >= 4 is 22.6 Å². The fourth-order valence-electron chi connectivity index (χ4n) is 6.12. The van der Waals surface area contributed by atoms with Crippen molar-refractivity contribution in [1.82, 2.24) is 34.7 Å². The van der Waals surface area contributed by atoms with E-state index in [0.29, 0.717) is 33.1 Å². The van der Waals surface area contributed by atoms with Crippen LogP contribution in [0.2, 0.25) is 5.02 Å². The normalized spacial score (nSPS) is 19.2. The molecular weight excluding hydrogens is 590 g/mol. The van der Waals surface area contributed by atoms with Gasteiger partial charge in [-0.15, -0.1) is 5.10 Å². The number of H-pyrrole nitrogens is 1. The van der Waals surface area contributed by atoms with Gasteiger partial charge in [-0.3, -0.25) is 4.79 Å². The smallest absolute Gasteiger partial charge is 0.356 e. The minimum atomic E-state index is -4.67. The molecule has 1 fully saturated rings. The number of rotatable bonds is 4. The number of alkyl halides is 3. The number of fused-ring (bicyclic) bond motifs is 4. The third-order valence-electron chi connectivity index (χ3n) is 8.19. The van der Waals surface area contributed by atoms with Gasteiger partial charge in [0.2, 0.25) is 5.95 Å². The van der Waals surface area contributed by atoms with Crippen molar-refractivity contribution < 1.29 is 22.1 Å². The van der Waals surface area contributed by atoms with Gasteiger partial charge in [0.1, 0.15) is 11.5 Å². The highest BCUT2D eigenvalue weighted by Gasteiger charge is 2.54. The molecule has 1 aliphatic heterocycles. The molecule has 8 rings (SSSR count). The molecule has 0 saturated heterocycles. The van der Waals surface area contributed by atoms with E-state index in [0.717, 1.165) is 34.1 Å². The number of nitrogens with one attached hydrogen (secondary N) is 1. The Morgan fingerprint density at radius 3 is 2.72 bits per heavy atom. The predicted octanol–water partition coefficient (Wildman–Crippen LogP) is 6.45. The van der Waals surface area contributed by atoms with E-state index in [1.54, 1.807) is 28.8 Å². The number of aromatic nitrogens is 7. The largest absolute Gasteiger partial charge is 0.436 e. The number of nitrogens with zero attached hydrogens (tertiary/aromatic N) is 6. The monoisotopic (exact) mass is 607 g/mol. The first-order valence-electron chi connectivity index (χ1n) is 13.2. The van der Waals surface area contributed by atoms with Crippen LogP contribution in [0.3, 0.4) is 0 Å². The Labute approximate surface area is 243 Å². The summed E-state index contributed by atoms with van der Waals surface area (Å²) in [5, 5.41) is 12.0. The standard InChI is InChI=1S/C29H18ClF4N7O2/c1-12-16-4-2-13(7-22(16)43-38-12)25-27(31)36-28(35-25)26-19-10-18(19)21-6-14(8-24(42)41(21)26)17-9-15(30)3-5-20(17)40-11-23(37-39-40)29(32,33)34/h2-9,11,18-19,26H,10H2,1H3,(H,35,36). The third kappa shape index (κ3) is 4.02. The van der Waals surface area contributed by atoms with Crippen LogP contribution >= 0.6 is 11.6 Å². The lowest BCUT2D eigenvalue weighted by Gasteiger charge is -2.17. The highest BCUT2D eigenvalue weighted by Crippen LogP contribution is 2.60. The molecule has 216 valence electrons. The average Bonchev–Trinajstić information content (AvgIpc) is 3.31. The summed E-state index contributed by atoms with van der Waals surface area (Å²) in [6, 6.07) is 12.5. The summed E-state index contributed by atoms with van der Waals surface area (Å²) in [5.41, 5.74) is 2.23. The van der Waals surface area contributed by atoms with Gasteiger partial charge in [0.05, 0.1) is 23.6 Å². The number of aromatic amines is 1. The van der Waals surface area contributed by atoms with E-state index in [1.165, 1.54) is 18.2 Å². The van der Waals surface area contributed by atoms with E-state index in [-0.39, 0.29) is 28.8 Å². The molecule has 2 aliphatic rings. The van der Waals surface area contributed by atoms with Crippen molar-refractivity contribution in [3.05, 3.63) is 99.0 Å². The van der Waals surface area contributed by atoms with E-state index in [1.807, 2.05) is 13.0 Å². The summed E-state index contributed by atoms with van der Waals surface area (Å²) in [6.45, 7) is 1.82. The van der Waals surface area contributed by atoms with Crippen molar-refractivity contribution in [3.8, 4) is 28.1 Å². The van der Waals surface area contributed by atoms with Crippen LogP contribution in [0.4, 0.5) is 17.6 Å². The summed E-state index contributed by atoms with van der Waals surface area (Å²) in [5.74, 6) is -0.235. The Hall–Kier alpha value is -4.78. The fourth-order valence-corrected chi connectivity index (χ4v) is 6.29. The van der Waals surface area contributed by atoms with Gasteiger partial charge in [-0.05, 0) is 61.2 Å². The topological polar surface area (TPSA) is 107 Å². The van der Waals surface area contributed by atoms with Gasteiger partial charge in [-0.25, -0.2) is 9.67 Å². The van der Waals surface area contributed by atoms with E-state index in [9.17, 15) is 18.0 Å². The minimum Gasteiger partial charge on any atom is -0.356 e. The van der Waals surface area contributed by atoms with Gasteiger partial charge in [0.15, 0.2) is 11.3 Å². The first kappa shape index (κ1) is 25.9. The highest BCUT2D eigenvalue weighted by molar-refractivity contribution is 6.31. The van der Waals surface area contributed by atoms with Gasteiger partial charge in [0, 0.05) is 39.2 Å². The molecule has 1 aliphatic carbocycles. The van der Waals surface area contributed by atoms with E-state index in [4.69, 9.17) is 16.1 Å². The molecule has 5 heterocycles. The lowest BCUT2D eigenvalue weighted by molar-refractivity contribution is -0.141. The molecule has 6 aromatic rings. The molecule has 1 saturated carbocycles. The van der Waals surface area contributed by atoms with Crippen LogP contribution in [0.5, 0.6) is 0 Å². The van der Waals surface area contributed by atoms with Crippen molar-refractivity contribution in [2.24, 2.45) is 5.92 Å². The summed E-state index contributed by atoms with van der Waals surface area (Å²) >= 11 is 6.26. The summed E-state index contributed by atoms with van der Waals surface area (Å²) < 4.78 is 62.8. The van der Waals surface area contributed by atoms with Gasteiger partial charge in [0.25, 0.3) is 5.56 Å². The molecule has 0 amide bonds.